The second-order valence-electron chi connectivity index (χ2n) is 7.92. The quantitative estimate of drug-likeness (QED) is 0.720. The molecule has 1 aliphatic rings. The van der Waals surface area contributed by atoms with Crippen molar-refractivity contribution in [3.63, 3.8) is 0 Å². The van der Waals surface area contributed by atoms with Gasteiger partial charge in [-0.05, 0) is 62.9 Å². The molecule has 3 heterocycles. The third kappa shape index (κ3) is 4.90. The topological polar surface area (TPSA) is 71.5 Å². The van der Waals surface area contributed by atoms with Crippen LogP contribution in [0.1, 0.15) is 33.6 Å². The summed E-state index contributed by atoms with van der Waals surface area (Å²) in [5.74, 6) is 0.810. The predicted octanol–water partition coefficient (Wildman–Crippen LogP) is 4.03. The van der Waals surface area contributed by atoms with Crippen molar-refractivity contribution in [2.24, 2.45) is 0 Å². The van der Waals surface area contributed by atoms with Gasteiger partial charge in [-0.2, -0.15) is 4.98 Å². The number of aromatic nitrogens is 3. The van der Waals surface area contributed by atoms with Gasteiger partial charge in [0.15, 0.2) is 0 Å². The maximum atomic E-state index is 12.3. The largest absolute Gasteiger partial charge is 0.444 e. The van der Waals surface area contributed by atoms with E-state index >= 15 is 0 Å². The van der Waals surface area contributed by atoms with E-state index < -0.39 is 5.60 Å². The first-order chi connectivity index (χ1) is 13.2. The van der Waals surface area contributed by atoms with Crippen LogP contribution in [0.2, 0.25) is 5.28 Å². The summed E-state index contributed by atoms with van der Waals surface area (Å²) >= 11 is 6.08. The number of nitrogens with zero attached hydrogens (tertiary/aromatic N) is 5. The molecular weight excluding hydrogens is 378 g/mol. The molecule has 2 aromatic heterocycles. The zero-order chi connectivity index (χ0) is 20.3. The van der Waals surface area contributed by atoms with Crippen LogP contribution < -0.4 is 4.90 Å². The summed E-state index contributed by atoms with van der Waals surface area (Å²) in [4.78, 5) is 28.9. The molecule has 8 heteroatoms. The Labute approximate surface area is 170 Å². The molecule has 150 valence electrons. The molecule has 0 spiro atoms. The number of anilines is 1. The predicted molar refractivity (Wildman–Crippen MR) is 110 cm³/mol. The maximum Gasteiger partial charge on any atom is 0.410 e. The summed E-state index contributed by atoms with van der Waals surface area (Å²) in [7, 11) is 1.80. The van der Waals surface area contributed by atoms with Crippen molar-refractivity contribution in [1.29, 1.82) is 0 Å². The van der Waals surface area contributed by atoms with Crippen LogP contribution >= 0.6 is 11.6 Å². The van der Waals surface area contributed by atoms with Crippen molar-refractivity contribution < 1.29 is 9.53 Å². The van der Waals surface area contributed by atoms with Crippen molar-refractivity contribution >= 4 is 23.5 Å². The van der Waals surface area contributed by atoms with Gasteiger partial charge >= 0.3 is 6.09 Å². The minimum Gasteiger partial charge on any atom is -0.444 e. The number of hydrogen-bond donors (Lipinski definition) is 0. The highest BCUT2D eigenvalue weighted by Crippen LogP contribution is 2.31. The molecule has 1 saturated heterocycles. The van der Waals surface area contributed by atoms with Gasteiger partial charge in [-0.25, -0.2) is 9.78 Å². The van der Waals surface area contributed by atoms with Crippen molar-refractivity contribution in [3.05, 3.63) is 36.0 Å². The van der Waals surface area contributed by atoms with Gasteiger partial charge in [0.05, 0.1) is 0 Å². The Morgan fingerprint density at radius 1 is 1.25 bits per heavy atom. The number of piperidine rings is 1. The van der Waals surface area contributed by atoms with Crippen molar-refractivity contribution in [2.75, 3.05) is 25.0 Å². The van der Waals surface area contributed by atoms with E-state index in [1.165, 1.54) is 0 Å². The van der Waals surface area contributed by atoms with E-state index in [1.807, 2.05) is 32.9 Å². The van der Waals surface area contributed by atoms with Crippen LogP contribution in [0, 0.1) is 0 Å². The van der Waals surface area contributed by atoms with Gasteiger partial charge in [0, 0.05) is 50.3 Å². The molecule has 0 N–H and O–H groups in total. The van der Waals surface area contributed by atoms with E-state index in [2.05, 4.69) is 19.9 Å². The SMILES string of the molecule is CN(C(=O)OC(C)(C)C)C1CCN(c2nc(Cl)ncc2-c2ccncc2)CC1. The average molecular weight is 404 g/mol. The molecule has 0 aromatic carbocycles. The first-order valence-electron chi connectivity index (χ1n) is 9.38. The summed E-state index contributed by atoms with van der Waals surface area (Å²) in [6.45, 7) is 7.16. The Morgan fingerprint density at radius 3 is 2.50 bits per heavy atom. The van der Waals surface area contributed by atoms with E-state index in [9.17, 15) is 4.79 Å². The van der Waals surface area contributed by atoms with Crippen molar-refractivity contribution in [3.8, 4) is 11.1 Å². The Kier molecular flexibility index (Phi) is 6.03. The summed E-state index contributed by atoms with van der Waals surface area (Å²) in [5.41, 5.74) is 1.42. The molecule has 0 atom stereocenters. The van der Waals surface area contributed by atoms with Gasteiger partial charge in [0.25, 0.3) is 0 Å². The molecule has 1 aliphatic heterocycles. The number of ether oxygens (including phenoxy) is 1. The van der Waals surface area contributed by atoms with Crippen LogP contribution in [-0.2, 0) is 4.74 Å². The number of hydrogen-bond acceptors (Lipinski definition) is 6. The lowest BCUT2D eigenvalue weighted by atomic mass is 10.0. The highest BCUT2D eigenvalue weighted by Gasteiger charge is 2.29. The first-order valence-corrected chi connectivity index (χ1v) is 9.76. The van der Waals surface area contributed by atoms with E-state index in [-0.39, 0.29) is 17.4 Å². The van der Waals surface area contributed by atoms with E-state index in [1.54, 1.807) is 30.5 Å². The molecular formula is C20H26ClN5O2. The lowest BCUT2D eigenvalue weighted by Crippen LogP contribution is -2.47. The third-order valence-corrected chi connectivity index (χ3v) is 4.91. The fraction of sp³-hybridized carbons (Fsp3) is 0.500. The number of amides is 1. The van der Waals surface area contributed by atoms with Gasteiger partial charge in [-0.3, -0.25) is 4.98 Å². The Morgan fingerprint density at radius 2 is 1.89 bits per heavy atom. The molecule has 0 saturated carbocycles. The molecule has 0 aliphatic carbocycles. The molecule has 0 unspecified atom stereocenters. The summed E-state index contributed by atoms with van der Waals surface area (Å²) in [6, 6.07) is 3.99. The van der Waals surface area contributed by atoms with Gasteiger partial charge in [-0.15, -0.1) is 0 Å². The number of pyridine rings is 1. The van der Waals surface area contributed by atoms with E-state index in [0.29, 0.717) is 0 Å². The normalized spacial score (nSPS) is 15.4. The third-order valence-electron chi connectivity index (χ3n) is 4.72. The molecule has 1 fully saturated rings. The summed E-state index contributed by atoms with van der Waals surface area (Å²) in [5, 5.41) is 0.223. The lowest BCUT2D eigenvalue weighted by molar-refractivity contribution is 0.0201. The zero-order valence-corrected chi connectivity index (χ0v) is 17.5. The fourth-order valence-corrected chi connectivity index (χ4v) is 3.41. The Hall–Kier alpha value is -2.41. The highest BCUT2D eigenvalue weighted by molar-refractivity contribution is 6.28. The Balaban J connectivity index is 1.72. The standard InChI is InChI=1S/C20H26ClN5O2/c1-20(2,3)28-19(27)25(4)15-7-11-26(12-8-15)17-16(13-23-18(21)24-17)14-5-9-22-10-6-14/h5-6,9-10,13,15H,7-8,11-12H2,1-4H3. The van der Waals surface area contributed by atoms with Gasteiger partial charge in [0.2, 0.25) is 5.28 Å². The average Bonchev–Trinajstić information content (AvgIpc) is 2.67. The summed E-state index contributed by atoms with van der Waals surface area (Å²) in [6.07, 6.45) is 6.61. The van der Waals surface area contributed by atoms with Crippen LogP contribution in [-0.4, -0.2) is 57.7 Å². The van der Waals surface area contributed by atoms with Crippen LogP contribution in [0.3, 0.4) is 0 Å². The van der Waals surface area contributed by atoms with Gasteiger partial charge in [0.1, 0.15) is 11.4 Å². The molecule has 3 rings (SSSR count). The number of rotatable bonds is 3. The Bertz CT molecular complexity index is 817. The zero-order valence-electron chi connectivity index (χ0n) is 16.7. The van der Waals surface area contributed by atoms with Gasteiger partial charge in [-0.1, -0.05) is 0 Å². The van der Waals surface area contributed by atoms with Crippen molar-refractivity contribution in [1.82, 2.24) is 19.9 Å². The fourth-order valence-electron chi connectivity index (χ4n) is 3.28. The number of halogens is 1. The van der Waals surface area contributed by atoms with Crippen LogP contribution in [0.25, 0.3) is 11.1 Å². The molecule has 2 aromatic rings. The lowest BCUT2D eigenvalue weighted by Gasteiger charge is -2.38. The second kappa shape index (κ2) is 8.31. The number of carbonyl (C=O) groups excluding carboxylic acids is 1. The maximum absolute atomic E-state index is 12.3. The second-order valence-corrected chi connectivity index (χ2v) is 8.26. The number of carbonyl (C=O) groups is 1. The molecule has 1 amide bonds. The summed E-state index contributed by atoms with van der Waals surface area (Å²) < 4.78 is 5.49. The van der Waals surface area contributed by atoms with Crippen molar-refractivity contribution in [2.45, 2.75) is 45.3 Å². The molecule has 28 heavy (non-hydrogen) atoms. The molecule has 0 radical (unpaired) electrons. The van der Waals surface area contributed by atoms with Crippen LogP contribution in [0.15, 0.2) is 30.7 Å². The first kappa shape index (κ1) is 20.3. The minimum atomic E-state index is -0.497. The van der Waals surface area contributed by atoms with E-state index in [4.69, 9.17) is 16.3 Å². The molecule has 7 nitrogen and oxygen atoms in total. The highest BCUT2D eigenvalue weighted by atomic mass is 35.5. The van der Waals surface area contributed by atoms with Crippen LogP contribution in [0.4, 0.5) is 10.6 Å². The van der Waals surface area contributed by atoms with Crippen LogP contribution in [0.5, 0.6) is 0 Å². The minimum absolute atomic E-state index is 0.132. The van der Waals surface area contributed by atoms with E-state index in [0.717, 1.165) is 42.9 Å². The monoisotopic (exact) mass is 403 g/mol. The molecule has 0 bridgehead atoms. The van der Waals surface area contributed by atoms with Gasteiger partial charge < -0.3 is 14.5 Å². The smallest absolute Gasteiger partial charge is 0.410 e.